The Balaban J connectivity index is 1.56. The van der Waals surface area contributed by atoms with E-state index in [-0.39, 0.29) is 6.04 Å². The minimum Gasteiger partial charge on any atom is -0.507 e. The molecule has 154 valence electrons. The van der Waals surface area contributed by atoms with E-state index in [2.05, 4.69) is 15.1 Å². The molecule has 0 spiro atoms. The summed E-state index contributed by atoms with van der Waals surface area (Å²) in [5.74, 6) is 0.794. The Morgan fingerprint density at radius 1 is 1.14 bits per heavy atom. The standard InChI is InChI=1S/C21H22F3N3O2/c22-21(23,24)13-5-6-15(17(28)10-13)19-18(12-3-4-12)16-7-8-27(20(16)26-25-19)14-2-1-9-29-11-14/h5-6,10,12,14,28H,1-4,7-9,11H2. The number of fused-ring (bicyclic) bond motifs is 1. The van der Waals surface area contributed by atoms with Gasteiger partial charge in [-0.3, -0.25) is 0 Å². The summed E-state index contributed by atoms with van der Waals surface area (Å²) in [6.07, 6.45) is 0.472. The smallest absolute Gasteiger partial charge is 0.416 e. The van der Waals surface area contributed by atoms with Crippen molar-refractivity contribution in [2.24, 2.45) is 0 Å². The van der Waals surface area contributed by atoms with Crippen molar-refractivity contribution in [3.05, 3.63) is 34.9 Å². The highest BCUT2D eigenvalue weighted by Crippen LogP contribution is 2.50. The highest BCUT2D eigenvalue weighted by molar-refractivity contribution is 5.75. The van der Waals surface area contributed by atoms with Crippen LogP contribution in [-0.2, 0) is 17.3 Å². The summed E-state index contributed by atoms with van der Waals surface area (Å²) in [6, 6.07) is 3.36. The maximum atomic E-state index is 13.0. The number of hydrogen-bond donors (Lipinski definition) is 1. The number of hydrogen-bond acceptors (Lipinski definition) is 5. The molecular weight excluding hydrogens is 383 g/mol. The van der Waals surface area contributed by atoms with Gasteiger partial charge in [0.2, 0.25) is 0 Å². The van der Waals surface area contributed by atoms with Gasteiger partial charge >= 0.3 is 6.18 Å². The van der Waals surface area contributed by atoms with E-state index in [4.69, 9.17) is 4.74 Å². The van der Waals surface area contributed by atoms with Crippen molar-refractivity contribution in [3.63, 3.8) is 0 Å². The van der Waals surface area contributed by atoms with Crippen LogP contribution in [0.25, 0.3) is 11.3 Å². The van der Waals surface area contributed by atoms with Gasteiger partial charge in [0.25, 0.3) is 0 Å². The Morgan fingerprint density at radius 3 is 2.62 bits per heavy atom. The summed E-state index contributed by atoms with van der Waals surface area (Å²) in [5.41, 5.74) is 2.13. The first-order valence-electron chi connectivity index (χ1n) is 10.1. The Hall–Kier alpha value is -2.35. The maximum Gasteiger partial charge on any atom is 0.416 e. The first kappa shape index (κ1) is 18.7. The Kier molecular flexibility index (Phi) is 4.42. The summed E-state index contributed by atoms with van der Waals surface area (Å²) in [5, 5.41) is 19.2. The van der Waals surface area contributed by atoms with Gasteiger partial charge in [0.15, 0.2) is 5.82 Å². The monoisotopic (exact) mass is 405 g/mol. The van der Waals surface area contributed by atoms with Gasteiger partial charge in [0, 0.05) is 24.3 Å². The highest BCUT2D eigenvalue weighted by Gasteiger charge is 2.38. The molecule has 29 heavy (non-hydrogen) atoms. The number of aromatic nitrogens is 2. The van der Waals surface area contributed by atoms with Gasteiger partial charge in [-0.05, 0) is 61.8 Å². The van der Waals surface area contributed by atoms with Crippen molar-refractivity contribution in [2.45, 2.75) is 50.2 Å². The van der Waals surface area contributed by atoms with Crippen LogP contribution in [0.15, 0.2) is 18.2 Å². The average molecular weight is 405 g/mol. The topological polar surface area (TPSA) is 58.5 Å². The van der Waals surface area contributed by atoms with Gasteiger partial charge in [-0.1, -0.05) is 0 Å². The van der Waals surface area contributed by atoms with Crippen molar-refractivity contribution < 1.29 is 23.0 Å². The van der Waals surface area contributed by atoms with Crippen molar-refractivity contribution in [1.82, 2.24) is 10.2 Å². The van der Waals surface area contributed by atoms with E-state index < -0.39 is 17.5 Å². The number of anilines is 1. The average Bonchev–Trinajstić information content (AvgIpc) is 3.45. The summed E-state index contributed by atoms with van der Waals surface area (Å²) in [4.78, 5) is 2.27. The van der Waals surface area contributed by atoms with Gasteiger partial charge in [-0.15, -0.1) is 10.2 Å². The van der Waals surface area contributed by atoms with Crippen LogP contribution in [0.4, 0.5) is 19.0 Å². The number of benzene rings is 1. The Bertz CT molecular complexity index is 937. The Labute approximate surface area is 166 Å². The van der Waals surface area contributed by atoms with Crippen molar-refractivity contribution in [1.29, 1.82) is 0 Å². The molecule has 5 nitrogen and oxygen atoms in total. The predicted molar refractivity (Wildman–Crippen MR) is 101 cm³/mol. The molecule has 1 aliphatic carbocycles. The fourth-order valence-corrected chi connectivity index (χ4v) is 4.53. The quantitative estimate of drug-likeness (QED) is 0.826. The molecule has 1 N–H and O–H groups in total. The van der Waals surface area contributed by atoms with E-state index >= 15 is 0 Å². The summed E-state index contributed by atoms with van der Waals surface area (Å²) >= 11 is 0. The van der Waals surface area contributed by atoms with Crippen LogP contribution >= 0.6 is 0 Å². The lowest BCUT2D eigenvalue weighted by Gasteiger charge is -2.32. The first-order valence-corrected chi connectivity index (χ1v) is 10.1. The number of nitrogens with zero attached hydrogens (tertiary/aromatic N) is 3. The van der Waals surface area contributed by atoms with Crippen LogP contribution in [0.5, 0.6) is 5.75 Å². The van der Waals surface area contributed by atoms with E-state index in [1.165, 1.54) is 6.07 Å². The lowest BCUT2D eigenvalue weighted by molar-refractivity contribution is -0.137. The molecule has 1 unspecified atom stereocenters. The normalized spacial score (nSPS) is 22.0. The van der Waals surface area contributed by atoms with Crippen LogP contribution in [0, 0.1) is 0 Å². The number of rotatable bonds is 3. The van der Waals surface area contributed by atoms with E-state index in [0.717, 1.165) is 74.3 Å². The molecule has 2 aromatic rings. The molecule has 1 aromatic carbocycles. The van der Waals surface area contributed by atoms with Gasteiger partial charge in [0.1, 0.15) is 11.4 Å². The zero-order valence-electron chi connectivity index (χ0n) is 15.9. The minimum atomic E-state index is -4.50. The summed E-state index contributed by atoms with van der Waals surface area (Å²) in [7, 11) is 0. The Morgan fingerprint density at radius 2 is 1.97 bits per heavy atom. The van der Waals surface area contributed by atoms with E-state index in [9.17, 15) is 18.3 Å². The van der Waals surface area contributed by atoms with Gasteiger partial charge in [0.05, 0.1) is 18.2 Å². The molecule has 3 aliphatic rings. The minimum absolute atomic E-state index is 0.289. The molecule has 2 fully saturated rings. The van der Waals surface area contributed by atoms with E-state index in [1.807, 2.05) is 0 Å². The van der Waals surface area contributed by atoms with Crippen molar-refractivity contribution >= 4 is 5.82 Å². The summed E-state index contributed by atoms with van der Waals surface area (Å²) < 4.78 is 44.5. The summed E-state index contributed by atoms with van der Waals surface area (Å²) in [6.45, 7) is 2.32. The number of halogens is 3. The highest BCUT2D eigenvalue weighted by atomic mass is 19.4. The fourth-order valence-electron chi connectivity index (χ4n) is 4.53. The third-order valence-electron chi connectivity index (χ3n) is 6.11. The van der Waals surface area contributed by atoms with Crippen molar-refractivity contribution in [2.75, 3.05) is 24.7 Å². The number of phenols is 1. The third kappa shape index (κ3) is 3.33. The number of alkyl halides is 3. The second-order valence-corrected chi connectivity index (χ2v) is 8.08. The SMILES string of the molecule is Oc1cc(C(F)(F)F)ccc1-c1nnc2c(c1C1CC1)CCN2C1CCCOC1. The molecule has 0 bridgehead atoms. The van der Waals surface area contributed by atoms with Crippen molar-refractivity contribution in [3.8, 4) is 17.0 Å². The first-order chi connectivity index (χ1) is 13.9. The van der Waals surface area contributed by atoms with Crippen LogP contribution in [0.1, 0.15) is 48.3 Å². The zero-order chi connectivity index (χ0) is 20.2. The van der Waals surface area contributed by atoms with Crippen LogP contribution in [0.2, 0.25) is 0 Å². The van der Waals surface area contributed by atoms with Gasteiger partial charge < -0.3 is 14.7 Å². The zero-order valence-corrected chi connectivity index (χ0v) is 15.9. The largest absolute Gasteiger partial charge is 0.507 e. The van der Waals surface area contributed by atoms with Crippen LogP contribution in [0.3, 0.4) is 0 Å². The van der Waals surface area contributed by atoms with Crippen LogP contribution in [-0.4, -0.2) is 41.1 Å². The molecule has 2 aliphatic heterocycles. The molecule has 1 atom stereocenters. The lowest BCUT2D eigenvalue weighted by Crippen LogP contribution is -2.40. The number of ether oxygens (including phenoxy) is 1. The van der Waals surface area contributed by atoms with Gasteiger partial charge in [-0.25, -0.2) is 0 Å². The number of aromatic hydroxyl groups is 1. The maximum absolute atomic E-state index is 13.0. The van der Waals surface area contributed by atoms with E-state index in [1.54, 1.807) is 0 Å². The second-order valence-electron chi connectivity index (χ2n) is 8.08. The second kappa shape index (κ2) is 6.86. The molecule has 1 saturated heterocycles. The lowest BCUT2D eigenvalue weighted by atomic mass is 9.96. The molecular formula is C21H22F3N3O2. The van der Waals surface area contributed by atoms with Crippen LogP contribution < -0.4 is 4.90 Å². The number of phenolic OH excluding ortho intramolecular Hbond substituents is 1. The molecule has 8 heteroatoms. The molecule has 0 radical (unpaired) electrons. The van der Waals surface area contributed by atoms with E-state index in [0.29, 0.717) is 23.8 Å². The third-order valence-corrected chi connectivity index (χ3v) is 6.11. The molecule has 1 saturated carbocycles. The molecule has 3 heterocycles. The fraction of sp³-hybridized carbons (Fsp3) is 0.524. The van der Waals surface area contributed by atoms with Gasteiger partial charge in [-0.2, -0.15) is 13.2 Å². The molecule has 0 amide bonds. The molecule has 1 aromatic heterocycles. The molecule has 5 rings (SSSR count). The predicted octanol–water partition coefficient (Wildman–Crippen LogP) is 4.29.